The average Bonchev–Trinajstić information content (AvgIpc) is 3.09. The quantitative estimate of drug-likeness (QED) is 0.812. The standard InChI is InChI=1S/C21H24FNO3/c1-14-19(25-2)12-16(13-20(14)26-3)21(24)23-9-5-8-18(23)11-15-6-4-7-17(22)10-15/h4,6-7,10,12-13,18H,5,8-9,11H2,1-3H3. The van der Waals surface area contributed by atoms with Gasteiger partial charge < -0.3 is 14.4 Å². The molecule has 0 N–H and O–H groups in total. The van der Waals surface area contributed by atoms with E-state index in [1.54, 1.807) is 38.5 Å². The van der Waals surface area contributed by atoms with Crippen LogP contribution in [0.3, 0.4) is 0 Å². The van der Waals surface area contributed by atoms with Crippen molar-refractivity contribution in [3.05, 3.63) is 58.9 Å². The molecule has 0 aromatic heterocycles. The third-order valence-corrected chi connectivity index (χ3v) is 5.00. The smallest absolute Gasteiger partial charge is 0.254 e. The molecular weight excluding hydrogens is 333 g/mol. The summed E-state index contributed by atoms with van der Waals surface area (Å²) in [6.45, 7) is 2.60. The van der Waals surface area contributed by atoms with Gasteiger partial charge in [-0.1, -0.05) is 12.1 Å². The van der Waals surface area contributed by atoms with E-state index in [2.05, 4.69) is 0 Å². The SMILES string of the molecule is COc1cc(C(=O)N2CCCC2Cc2cccc(F)c2)cc(OC)c1C. The maximum absolute atomic E-state index is 13.5. The zero-order chi connectivity index (χ0) is 18.7. The van der Waals surface area contributed by atoms with Crippen molar-refractivity contribution in [1.82, 2.24) is 4.90 Å². The van der Waals surface area contributed by atoms with Crippen LogP contribution in [0.2, 0.25) is 0 Å². The number of carbonyl (C=O) groups is 1. The van der Waals surface area contributed by atoms with Crippen LogP contribution in [-0.2, 0) is 6.42 Å². The number of amides is 1. The summed E-state index contributed by atoms with van der Waals surface area (Å²) in [5.41, 5.74) is 2.33. The molecule has 26 heavy (non-hydrogen) atoms. The van der Waals surface area contributed by atoms with Gasteiger partial charge in [-0.15, -0.1) is 0 Å². The third kappa shape index (κ3) is 3.66. The molecule has 1 aliphatic heterocycles. The number of hydrogen-bond acceptors (Lipinski definition) is 3. The van der Waals surface area contributed by atoms with E-state index in [-0.39, 0.29) is 17.8 Å². The third-order valence-electron chi connectivity index (χ3n) is 5.00. The Hall–Kier alpha value is -2.56. The highest BCUT2D eigenvalue weighted by Crippen LogP contribution is 2.31. The number of ether oxygens (including phenoxy) is 2. The lowest BCUT2D eigenvalue weighted by atomic mass is 10.0. The Balaban J connectivity index is 1.84. The highest BCUT2D eigenvalue weighted by molar-refractivity contribution is 5.95. The Bertz CT molecular complexity index is 781. The molecule has 1 atom stereocenters. The Morgan fingerprint density at radius 2 is 1.88 bits per heavy atom. The first-order chi connectivity index (χ1) is 12.5. The monoisotopic (exact) mass is 357 g/mol. The molecule has 0 radical (unpaired) electrons. The van der Waals surface area contributed by atoms with Crippen molar-refractivity contribution in [3.63, 3.8) is 0 Å². The number of likely N-dealkylation sites (tertiary alicyclic amines) is 1. The van der Waals surface area contributed by atoms with Crippen LogP contribution in [0, 0.1) is 12.7 Å². The Morgan fingerprint density at radius 1 is 1.19 bits per heavy atom. The zero-order valence-corrected chi connectivity index (χ0v) is 15.4. The number of hydrogen-bond donors (Lipinski definition) is 0. The van der Waals surface area contributed by atoms with Crippen LogP contribution in [0.25, 0.3) is 0 Å². The summed E-state index contributed by atoms with van der Waals surface area (Å²) in [6.07, 6.45) is 2.53. The first kappa shape index (κ1) is 18.2. The van der Waals surface area contributed by atoms with Crippen LogP contribution in [0.5, 0.6) is 11.5 Å². The van der Waals surface area contributed by atoms with Crippen LogP contribution in [0.15, 0.2) is 36.4 Å². The van der Waals surface area contributed by atoms with Crippen LogP contribution in [0.4, 0.5) is 4.39 Å². The molecule has 5 heteroatoms. The van der Waals surface area contributed by atoms with Crippen molar-refractivity contribution in [1.29, 1.82) is 0 Å². The van der Waals surface area contributed by atoms with E-state index in [0.29, 0.717) is 30.0 Å². The minimum absolute atomic E-state index is 0.0412. The van der Waals surface area contributed by atoms with Gasteiger partial charge >= 0.3 is 0 Å². The van der Waals surface area contributed by atoms with Crippen LogP contribution in [0.1, 0.15) is 34.3 Å². The summed E-state index contributed by atoms with van der Waals surface area (Å²) >= 11 is 0. The molecule has 0 bridgehead atoms. The average molecular weight is 357 g/mol. The van der Waals surface area contributed by atoms with E-state index < -0.39 is 0 Å². The van der Waals surface area contributed by atoms with E-state index in [4.69, 9.17) is 9.47 Å². The molecule has 1 unspecified atom stereocenters. The summed E-state index contributed by atoms with van der Waals surface area (Å²) in [6, 6.07) is 10.2. The van der Waals surface area contributed by atoms with Crippen molar-refractivity contribution < 1.29 is 18.7 Å². The lowest BCUT2D eigenvalue weighted by molar-refractivity contribution is 0.0735. The number of benzene rings is 2. The highest BCUT2D eigenvalue weighted by Gasteiger charge is 2.30. The molecule has 1 aliphatic rings. The second-order valence-corrected chi connectivity index (χ2v) is 6.63. The molecule has 0 saturated carbocycles. The molecule has 0 aliphatic carbocycles. The fourth-order valence-corrected chi connectivity index (χ4v) is 3.63. The van der Waals surface area contributed by atoms with Gasteiger partial charge in [0.1, 0.15) is 17.3 Å². The second kappa shape index (κ2) is 7.77. The van der Waals surface area contributed by atoms with Gasteiger partial charge in [-0.25, -0.2) is 4.39 Å². The Kier molecular flexibility index (Phi) is 5.45. The highest BCUT2D eigenvalue weighted by atomic mass is 19.1. The van der Waals surface area contributed by atoms with Gasteiger partial charge in [0.25, 0.3) is 5.91 Å². The summed E-state index contributed by atoms with van der Waals surface area (Å²) < 4.78 is 24.2. The van der Waals surface area contributed by atoms with Crippen molar-refractivity contribution in [2.75, 3.05) is 20.8 Å². The largest absolute Gasteiger partial charge is 0.496 e. The lowest BCUT2D eigenvalue weighted by Crippen LogP contribution is -2.36. The minimum atomic E-state index is -0.244. The van der Waals surface area contributed by atoms with Gasteiger partial charge in [-0.2, -0.15) is 0 Å². The van der Waals surface area contributed by atoms with Gasteiger partial charge in [0.15, 0.2) is 0 Å². The van der Waals surface area contributed by atoms with Crippen molar-refractivity contribution in [3.8, 4) is 11.5 Å². The molecule has 138 valence electrons. The topological polar surface area (TPSA) is 38.8 Å². The molecule has 1 saturated heterocycles. The van der Waals surface area contributed by atoms with Gasteiger partial charge in [0.05, 0.1) is 14.2 Å². The normalized spacial score (nSPS) is 16.6. The summed E-state index contributed by atoms with van der Waals surface area (Å²) in [5, 5.41) is 0. The predicted octanol–water partition coefficient (Wildman–Crippen LogP) is 4.00. The van der Waals surface area contributed by atoms with E-state index in [0.717, 1.165) is 24.0 Å². The van der Waals surface area contributed by atoms with E-state index in [1.165, 1.54) is 6.07 Å². The van der Waals surface area contributed by atoms with Gasteiger partial charge in [0.2, 0.25) is 0 Å². The summed E-state index contributed by atoms with van der Waals surface area (Å²) in [4.78, 5) is 15.0. The lowest BCUT2D eigenvalue weighted by Gasteiger charge is -2.25. The predicted molar refractivity (Wildman–Crippen MR) is 98.4 cm³/mol. The molecule has 1 fully saturated rings. The molecular formula is C21H24FNO3. The van der Waals surface area contributed by atoms with Crippen molar-refractivity contribution in [2.45, 2.75) is 32.2 Å². The Morgan fingerprint density at radius 3 is 2.50 bits per heavy atom. The number of nitrogens with zero attached hydrogens (tertiary/aromatic N) is 1. The molecule has 1 heterocycles. The summed E-state index contributed by atoms with van der Waals surface area (Å²) in [5.74, 6) is 0.981. The van der Waals surface area contributed by atoms with E-state index >= 15 is 0 Å². The van der Waals surface area contributed by atoms with Crippen LogP contribution >= 0.6 is 0 Å². The van der Waals surface area contributed by atoms with Gasteiger partial charge in [0, 0.05) is 23.7 Å². The number of methoxy groups -OCH3 is 2. The maximum atomic E-state index is 13.5. The molecule has 4 nitrogen and oxygen atoms in total. The second-order valence-electron chi connectivity index (χ2n) is 6.63. The number of halogens is 1. The summed E-state index contributed by atoms with van der Waals surface area (Å²) in [7, 11) is 3.16. The fraction of sp³-hybridized carbons (Fsp3) is 0.381. The molecule has 2 aromatic carbocycles. The molecule has 2 aromatic rings. The van der Waals surface area contributed by atoms with Crippen molar-refractivity contribution >= 4 is 5.91 Å². The van der Waals surface area contributed by atoms with Crippen LogP contribution in [-0.4, -0.2) is 37.6 Å². The Labute approximate surface area is 153 Å². The maximum Gasteiger partial charge on any atom is 0.254 e. The fourth-order valence-electron chi connectivity index (χ4n) is 3.63. The first-order valence-corrected chi connectivity index (χ1v) is 8.81. The van der Waals surface area contributed by atoms with Gasteiger partial charge in [-0.05, 0) is 56.0 Å². The van der Waals surface area contributed by atoms with Crippen LogP contribution < -0.4 is 9.47 Å². The number of carbonyl (C=O) groups excluding carboxylic acids is 1. The molecule has 0 spiro atoms. The van der Waals surface area contributed by atoms with E-state index in [9.17, 15) is 9.18 Å². The van der Waals surface area contributed by atoms with Gasteiger partial charge in [-0.3, -0.25) is 4.79 Å². The number of rotatable bonds is 5. The molecule has 3 rings (SSSR count). The molecule has 1 amide bonds. The van der Waals surface area contributed by atoms with Crippen molar-refractivity contribution in [2.24, 2.45) is 0 Å². The minimum Gasteiger partial charge on any atom is -0.496 e. The van der Waals surface area contributed by atoms with E-state index in [1.807, 2.05) is 17.9 Å². The first-order valence-electron chi connectivity index (χ1n) is 8.81. The zero-order valence-electron chi connectivity index (χ0n) is 15.4.